The lowest BCUT2D eigenvalue weighted by molar-refractivity contribution is -0.117. The molecule has 0 saturated carbocycles. The van der Waals surface area contributed by atoms with E-state index < -0.39 is 6.10 Å². The zero-order valence-electron chi connectivity index (χ0n) is 20.7. The molecule has 2 aromatic carbocycles. The second-order valence-corrected chi connectivity index (χ2v) is 10.1. The quantitative estimate of drug-likeness (QED) is 0.472. The van der Waals surface area contributed by atoms with Crippen molar-refractivity contribution in [2.75, 3.05) is 51.2 Å². The van der Waals surface area contributed by atoms with Crippen molar-refractivity contribution in [3.8, 4) is 15.6 Å². The number of nitrogens with one attached hydrogen (secondary N) is 1. The van der Waals surface area contributed by atoms with Crippen LogP contribution in [-0.2, 0) is 4.79 Å². The second kappa shape index (κ2) is 11.8. The lowest BCUT2D eigenvalue weighted by Gasteiger charge is -2.35. The van der Waals surface area contributed by atoms with Crippen molar-refractivity contribution in [2.45, 2.75) is 26.9 Å². The zero-order chi connectivity index (χ0) is 24.8. The van der Waals surface area contributed by atoms with Crippen molar-refractivity contribution in [2.24, 2.45) is 0 Å². The van der Waals surface area contributed by atoms with Crippen LogP contribution in [0.4, 0.5) is 5.69 Å². The van der Waals surface area contributed by atoms with Crippen LogP contribution in [0.2, 0.25) is 0 Å². The first-order chi connectivity index (χ1) is 16.9. The standard InChI is InChI=1S/C27H34N4O3S/c1-19-7-4-5-10-23(19)27-28-15-25(35-27)34-18-22(32)16-30-11-13-31(14-12-30)17-24(33)29-26-20(2)8-6-9-21(26)3/h4-10,15,22,32H,11-14,16-18H2,1-3H3,(H,29,33). The maximum absolute atomic E-state index is 12.5. The van der Waals surface area contributed by atoms with Gasteiger partial charge in [0.25, 0.3) is 0 Å². The molecule has 1 fully saturated rings. The molecule has 1 saturated heterocycles. The van der Waals surface area contributed by atoms with E-state index in [-0.39, 0.29) is 12.5 Å². The summed E-state index contributed by atoms with van der Waals surface area (Å²) >= 11 is 1.49. The highest BCUT2D eigenvalue weighted by Gasteiger charge is 2.21. The molecule has 1 atom stereocenters. The molecule has 2 heterocycles. The predicted molar refractivity (Wildman–Crippen MR) is 141 cm³/mol. The van der Waals surface area contributed by atoms with Crippen LogP contribution < -0.4 is 10.1 Å². The van der Waals surface area contributed by atoms with E-state index in [4.69, 9.17) is 4.74 Å². The number of ether oxygens (including phenoxy) is 1. The van der Waals surface area contributed by atoms with Gasteiger partial charge in [-0.15, -0.1) is 0 Å². The number of rotatable bonds is 9. The summed E-state index contributed by atoms with van der Waals surface area (Å²) in [5.74, 6) is 0.0129. The molecule has 0 aliphatic carbocycles. The van der Waals surface area contributed by atoms with Gasteiger partial charge in [0, 0.05) is 44.0 Å². The van der Waals surface area contributed by atoms with E-state index in [1.54, 1.807) is 6.20 Å². The summed E-state index contributed by atoms with van der Waals surface area (Å²) in [7, 11) is 0. The number of nitrogens with zero attached hydrogens (tertiary/aromatic N) is 3. The van der Waals surface area contributed by atoms with Crippen molar-refractivity contribution >= 4 is 22.9 Å². The maximum Gasteiger partial charge on any atom is 0.238 e. The molecule has 1 aliphatic rings. The van der Waals surface area contributed by atoms with Crippen LogP contribution in [0, 0.1) is 20.8 Å². The monoisotopic (exact) mass is 494 g/mol. The molecule has 3 aromatic rings. The summed E-state index contributed by atoms with van der Waals surface area (Å²) in [6.45, 7) is 10.4. The number of carbonyl (C=O) groups excluding carboxylic acids is 1. The third-order valence-corrected chi connectivity index (χ3v) is 7.27. The van der Waals surface area contributed by atoms with Crippen LogP contribution in [-0.4, -0.2) is 77.8 Å². The van der Waals surface area contributed by atoms with Gasteiger partial charge >= 0.3 is 0 Å². The molecule has 0 spiro atoms. The summed E-state index contributed by atoms with van der Waals surface area (Å²) in [4.78, 5) is 21.4. The maximum atomic E-state index is 12.5. The van der Waals surface area contributed by atoms with E-state index in [9.17, 15) is 9.90 Å². The van der Waals surface area contributed by atoms with Crippen LogP contribution in [0.15, 0.2) is 48.7 Å². The molecular formula is C27H34N4O3S. The Balaban J connectivity index is 1.17. The second-order valence-electron chi connectivity index (χ2n) is 9.16. The number of aliphatic hydroxyl groups excluding tert-OH is 1. The van der Waals surface area contributed by atoms with Gasteiger partial charge in [0.05, 0.1) is 12.7 Å². The highest BCUT2D eigenvalue weighted by atomic mass is 32.1. The minimum Gasteiger partial charge on any atom is -0.480 e. The number of hydrogen-bond acceptors (Lipinski definition) is 7. The molecule has 8 heteroatoms. The molecule has 1 aromatic heterocycles. The SMILES string of the molecule is Cc1ccccc1-c1ncc(OCC(O)CN2CCN(CC(=O)Nc3c(C)cccc3C)CC2)s1. The smallest absolute Gasteiger partial charge is 0.238 e. The average Bonchev–Trinajstić information content (AvgIpc) is 3.31. The molecule has 1 aliphatic heterocycles. The first-order valence-electron chi connectivity index (χ1n) is 12.0. The third kappa shape index (κ3) is 6.89. The number of hydrogen-bond donors (Lipinski definition) is 2. The number of para-hydroxylation sites is 1. The number of aliphatic hydroxyl groups is 1. The number of aromatic nitrogens is 1. The Labute approximate surface area is 211 Å². The zero-order valence-corrected chi connectivity index (χ0v) is 21.5. The van der Waals surface area contributed by atoms with Crippen molar-refractivity contribution < 1.29 is 14.6 Å². The van der Waals surface area contributed by atoms with Crippen molar-refractivity contribution in [3.05, 3.63) is 65.4 Å². The minimum atomic E-state index is -0.585. The lowest BCUT2D eigenvalue weighted by atomic mass is 10.1. The van der Waals surface area contributed by atoms with Crippen LogP contribution in [0.3, 0.4) is 0 Å². The lowest BCUT2D eigenvalue weighted by Crippen LogP contribution is -2.50. The Morgan fingerprint density at radius 2 is 1.69 bits per heavy atom. The first-order valence-corrected chi connectivity index (χ1v) is 12.8. The van der Waals surface area contributed by atoms with Gasteiger partial charge in [0.2, 0.25) is 5.91 Å². The topological polar surface area (TPSA) is 77.9 Å². The van der Waals surface area contributed by atoms with Crippen molar-refractivity contribution in [1.82, 2.24) is 14.8 Å². The number of aryl methyl sites for hydroxylation is 3. The molecule has 186 valence electrons. The number of piperazine rings is 1. The van der Waals surface area contributed by atoms with Gasteiger partial charge in [-0.05, 0) is 37.5 Å². The van der Waals surface area contributed by atoms with Gasteiger partial charge in [0.15, 0.2) is 5.06 Å². The average molecular weight is 495 g/mol. The number of carbonyl (C=O) groups is 1. The molecule has 4 rings (SSSR count). The molecule has 1 unspecified atom stereocenters. The number of β-amino-alcohol motifs (C(OH)–C–C–N with tert-alkyl or cyclic N) is 1. The molecule has 0 bridgehead atoms. The van der Waals surface area contributed by atoms with Gasteiger partial charge < -0.3 is 15.2 Å². The molecule has 1 amide bonds. The van der Waals surface area contributed by atoms with Crippen LogP contribution >= 0.6 is 11.3 Å². The van der Waals surface area contributed by atoms with Gasteiger partial charge in [-0.3, -0.25) is 14.6 Å². The van der Waals surface area contributed by atoms with E-state index in [1.165, 1.54) is 16.9 Å². The number of amides is 1. The summed E-state index contributed by atoms with van der Waals surface area (Å²) < 4.78 is 5.82. The predicted octanol–water partition coefficient (Wildman–Crippen LogP) is 3.73. The van der Waals surface area contributed by atoms with Gasteiger partial charge in [0.1, 0.15) is 17.7 Å². The molecule has 0 radical (unpaired) electrons. The van der Waals surface area contributed by atoms with E-state index >= 15 is 0 Å². The molecule has 2 N–H and O–H groups in total. The minimum absolute atomic E-state index is 0.0129. The third-order valence-electron chi connectivity index (χ3n) is 6.32. The number of anilines is 1. The Bertz CT molecular complexity index is 1120. The fraction of sp³-hybridized carbons (Fsp3) is 0.407. The summed E-state index contributed by atoms with van der Waals surface area (Å²) in [6.07, 6.45) is 1.14. The summed E-state index contributed by atoms with van der Waals surface area (Å²) in [6, 6.07) is 14.2. The van der Waals surface area contributed by atoms with Crippen molar-refractivity contribution in [1.29, 1.82) is 0 Å². The van der Waals surface area contributed by atoms with Crippen LogP contribution in [0.25, 0.3) is 10.6 Å². The van der Waals surface area contributed by atoms with E-state index in [2.05, 4.69) is 39.2 Å². The van der Waals surface area contributed by atoms with E-state index in [0.29, 0.717) is 18.2 Å². The summed E-state index contributed by atoms with van der Waals surface area (Å²) in [5, 5.41) is 15.2. The van der Waals surface area contributed by atoms with Crippen LogP contribution in [0.1, 0.15) is 16.7 Å². The van der Waals surface area contributed by atoms with Crippen molar-refractivity contribution in [3.63, 3.8) is 0 Å². The Kier molecular flexibility index (Phi) is 8.51. The Hall–Kier alpha value is -2.78. The van der Waals surface area contributed by atoms with Crippen LogP contribution in [0.5, 0.6) is 5.06 Å². The Morgan fingerprint density at radius 1 is 1.03 bits per heavy atom. The summed E-state index contributed by atoms with van der Waals surface area (Å²) in [5.41, 5.74) is 5.34. The Morgan fingerprint density at radius 3 is 2.40 bits per heavy atom. The van der Waals surface area contributed by atoms with Gasteiger partial charge in [-0.2, -0.15) is 0 Å². The number of benzene rings is 2. The fourth-order valence-electron chi connectivity index (χ4n) is 4.32. The molecule has 7 nitrogen and oxygen atoms in total. The largest absolute Gasteiger partial charge is 0.480 e. The molecule has 35 heavy (non-hydrogen) atoms. The molecular weight excluding hydrogens is 460 g/mol. The fourth-order valence-corrected chi connectivity index (χ4v) is 5.18. The number of thiazole rings is 1. The normalized spacial score (nSPS) is 15.7. The highest BCUT2D eigenvalue weighted by Crippen LogP contribution is 2.32. The van der Waals surface area contributed by atoms with E-state index in [0.717, 1.165) is 53.6 Å². The highest BCUT2D eigenvalue weighted by molar-refractivity contribution is 7.16. The van der Waals surface area contributed by atoms with Gasteiger partial charge in [-0.25, -0.2) is 4.98 Å². The van der Waals surface area contributed by atoms with Gasteiger partial charge in [-0.1, -0.05) is 53.8 Å². The first kappa shape index (κ1) is 25.3. The van der Waals surface area contributed by atoms with E-state index in [1.807, 2.05) is 44.2 Å².